The predicted molar refractivity (Wildman–Crippen MR) is 94.0 cm³/mol. The molecule has 0 saturated carbocycles. The third kappa shape index (κ3) is 4.95. The van der Waals surface area contributed by atoms with Gasteiger partial charge in [0.25, 0.3) is 0 Å². The molecule has 4 heteroatoms. The number of rotatable bonds is 7. The fraction of sp³-hybridized carbons (Fsp3) is 0.263. The molecule has 0 saturated heterocycles. The molecule has 0 bridgehead atoms. The number of hydrogen-bond acceptors (Lipinski definition) is 3. The number of nitrogens with one attached hydrogen (secondary N) is 2. The van der Waals surface area contributed by atoms with Crippen LogP contribution >= 0.6 is 0 Å². The Morgan fingerprint density at radius 2 is 1.83 bits per heavy atom. The zero-order chi connectivity index (χ0) is 16.7. The van der Waals surface area contributed by atoms with E-state index in [4.69, 9.17) is 0 Å². The molecule has 0 aliphatic heterocycles. The predicted octanol–water partition coefficient (Wildman–Crippen LogP) is 3.89. The maximum atomic E-state index is 12.0. The number of Topliss-reactive ketones (excluding diaryl/α,β-unsaturated/α-hetero) is 1. The van der Waals surface area contributed by atoms with Crippen molar-refractivity contribution in [3.05, 3.63) is 59.7 Å². The van der Waals surface area contributed by atoms with Gasteiger partial charge >= 0.3 is 0 Å². The number of aryl methyl sites for hydroxylation is 1. The van der Waals surface area contributed by atoms with Gasteiger partial charge in [0.15, 0.2) is 5.78 Å². The summed E-state index contributed by atoms with van der Waals surface area (Å²) in [5, 5.41) is 6.12. The molecule has 23 heavy (non-hydrogen) atoms. The van der Waals surface area contributed by atoms with E-state index >= 15 is 0 Å². The van der Waals surface area contributed by atoms with Gasteiger partial charge in [-0.2, -0.15) is 0 Å². The number of hydrogen-bond donors (Lipinski definition) is 2. The lowest BCUT2D eigenvalue weighted by Gasteiger charge is -2.11. The molecule has 2 N–H and O–H groups in total. The lowest BCUT2D eigenvalue weighted by atomic mass is 10.1. The van der Waals surface area contributed by atoms with E-state index in [9.17, 15) is 9.59 Å². The third-order valence-corrected chi connectivity index (χ3v) is 3.62. The summed E-state index contributed by atoms with van der Waals surface area (Å²) >= 11 is 0. The molecule has 0 unspecified atom stereocenters. The van der Waals surface area contributed by atoms with Gasteiger partial charge < -0.3 is 10.6 Å². The van der Waals surface area contributed by atoms with E-state index in [-0.39, 0.29) is 11.7 Å². The lowest BCUT2D eigenvalue weighted by molar-refractivity contribution is -0.115. The topological polar surface area (TPSA) is 58.2 Å². The van der Waals surface area contributed by atoms with Crippen LogP contribution in [0.4, 0.5) is 11.4 Å². The van der Waals surface area contributed by atoms with E-state index in [1.165, 1.54) is 12.5 Å². The Bertz CT molecular complexity index is 695. The van der Waals surface area contributed by atoms with Crippen LogP contribution in [0.2, 0.25) is 0 Å². The standard InChI is InChI=1S/C19H22N2O2/c1-3-15-7-4-5-10-18(15)20-12-11-19(23)21-17-9-6-8-16(13-17)14(2)22/h4-10,13,20H,3,11-12H2,1-2H3,(H,21,23). The highest BCUT2D eigenvalue weighted by Gasteiger charge is 2.05. The summed E-state index contributed by atoms with van der Waals surface area (Å²) in [6.07, 6.45) is 1.32. The third-order valence-electron chi connectivity index (χ3n) is 3.62. The normalized spacial score (nSPS) is 10.2. The number of ketones is 1. The van der Waals surface area contributed by atoms with Crippen molar-refractivity contribution in [1.82, 2.24) is 0 Å². The van der Waals surface area contributed by atoms with Crippen LogP contribution in [0.25, 0.3) is 0 Å². The number of para-hydroxylation sites is 1. The summed E-state index contributed by atoms with van der Waals surface area (Å²) in [5.41, 5.74) is 3.55. The lowest BCUT2D eigenvalue weighted by Crippen LogP contribution is -2.16. The van der Waals surface area contributed by atoms with Gasteiger partial charge in [-0.3, -0.25) is 9.59 Å². The van der Waals surface area contributed by atoms with E-state index in [0.29, 0.717) is 24.2 Å². The maximum Gasteiger partial charge on any atom is 0.226 e. The van der Waals surface area contributed by atoms with Gasteiger partial charge in [0.2, 0.25) is 5.91 Å². The Balaban J connectivity index is 1.86. The van der Waals surface area contributed by atoms with Crippen molar-refractivity contribution in [3.8, 4) is 0 Å². The van der Waals surface area contributed by atoms with Gasteiger partial charge in [0.1, 0.15) is 0 Å². The Hall–Kier alpha value is -2.62. The first kappa shape index (κ1) is 16.7. The molecule has 0 fully saturated rings. The molecule has 2 rings (SSSR count). The summed E-state index contributed by atoms with van der Waals surface area (Å²) < 4.78 is 0. The second-order valence-electron chi connectivity index (χ2n) is 5.37. The van der Waals surface area contributed by atoms with Gasteiger partial charge in [0, 0.05) is 29.9 Å². The molecule has 0 aromatic heterocycles. The second-order valence-corrected chi connectivity index (χ2v) is 5.37. The molecule has 0 spiro atoms. The van der Waals surface area contributed by atoms with Gasteiger partial charge in [-0.1, -0.05) is 37.3 Å². The molecular formula is C19H22N2O2. The molecule has 0 radical (unpaired) electrons. The van der Waals surface area contributed by atoms with Gasteiger partial charge in [-0.25, -0.2) is 0 Å². The van der Waals surface area contributed by atoms with E-state index in [1.54, 1.807) is 24.3 Å². The Kier molecular flexibility index (Phi) is 5.92. The van der Waals surface area contributed by atoms with E-state index in [2.05, 4.69) is 23.6 Å². The molecular weight excluding hydrogens is 288 g/mol. The quantitative estimate of drug-likeness (QED) is 0.763. The molecule has 4 nitrogen and oxygen atoms in total. The smallest absolute Gasteiger partial charge is 0.226 e. The summed E-state index contributed by atoms with van der Waals surface area (Å²) in [7, 11) is 0. The fourth-order valence-electron chi connectivity index (χ4n) is 2.35. The molecule has 120 valence electrons. The average molecular weight is 310 g/mol. The summed E-state index contributed by atoms with van der Waals surface area (Å²) in [5.74, 6) is -0.0916. The van der Waals surface area contributed by atoms with Gasteiger partial charge in [-0.05, 0) is 37.1 Å². The van der Waals surface area contributed by atoms with Crippen molar-refractivity contribution in [1.29, 1.82) is 0 Å². The molecule has 0 aliphatic carbocycles. The van der Waals surface area contributed by atoms with E-state index < -0.39 is 0 Å². The summed E-state index contributed by atoms with van der Waals surface area (Å²) in [6, 6.07) is 15.1. The fourth-order valence-corrected chi connectivity index (χ4v) is 2.35. The molecule has 2 aromatic rings. The minimum atomic E-state index is -0.0767. The Labute approximate surface area is 136 Å². The van der Waals surface area contributed by atoms with Crippen LogP contribution in [-0.4, -0.2) is 18.2 Å². The minimum Gasteiger partial charge on any atom is -0.384 e. The molecule has 1 amide bonds. The van der Waals surface area contributed by atoms with Crippen molar-refractivity contribution in [2.45, 2.75) is 26.7 Å². The van der Waals surface area contributed by atoms with Gasteiger partial charge in [-0.15, -0.1) is 0 Å². The summed E-state index contributed by atoms with van der Waals surface area (Å²) in [4.78, 5) is 23.4. The highest BCUT2D eigenvalue weighted by molar-refractivity contribution is 5.97. The van der Waals surface area contributed by atoms with Crippen LogP contribution in [0.3, 0.4) is 0 Å². The van der Waals surface area contributed by atoms with Crippen LogP contribution < -0.4 is 10.6 Å². The van der Waals surface area contributed by atoms with Crippen LogP contribution in [0.5, 0.6) is 0 Å². The first-order valence-electron chi connectivity index (χ1n) is 7.82. The number of amides is 1. The van der Waals surface area contributed by atoms with Crippen molar-refractivity contribution in [3.63, 3.8) is 0 Å². The van der Waals surface area contributed by atoms with Crippen LogP contribution in [0.15, 0.2) is 48.5 Å². The Morgan fingerprint density at radius 3 is 2.57 bits per heavy atom. The SMILES string of the molecule is CCc1ccccc1NCCC(=O)Nc1cccc(C(C)=O)c1. The second kappa shape index (κ2) is 8.13. The first-order valence-corrected chi connectivity index (χ1v) is 7.82. The van der Waals surface area contributed by atoms with Crippen LogP contribution in [0, 0.1) is 0 Å². The molecule has 2 aromatic carbocycles. The zero-order valence-corrected chi connectivity index (χ0v) is 13.6. The molecule has 0 aliphatic rings. The number of carbonyl (C=O) groups is 2. The van der Waals surface area contributed by atoms with Crippen LogP contribution in [0.1, 0.15) is 36.2 Å². The van der Waals surface area contributed by atoms with Crippen molar-refractivity contribution < 1.29 is 9.59 Å². The first-order chi connectivity index (χ1) is 11.1. The number of anilines is 2. The largest absolute Gasteiger partial charge is 0.384 e. The monoisotopic (exact) mass is 310 g/mol. The highest BCUT2D eigenvalue weighted by atomic mass is 16.1. The zero-order valence-electron chi connectivity index (χ0n) is 13.6. The minimum absolute atomic E-state index is 0.0149. The van der Waals surface area contributed by atoms with Crippen molar-refractivity contribution >= 4 is 23.1 Å². The van der Waals surface area contributed by atoms with Crippen LogP contribution in [-0.2, 0) is 11.2 Å². The Morgan fingerprint density at radius 1 is 1.04 bits per heavy atom. The molecule has 0 atom stereocenters. The van der Waals surface area contributed by atoms with Crippen molar-refractivity contribution in [2.24, 2.45) is 0 Å². The number of benzene rings is 2. The van der Waals surface area contributed by atoms with Gasteiger partial charge in [0.05, 0.1) is 0 Å². The number of carbonyl (C=O) groups excluding carboxylic acids is 2. The maximum absolute atomic E-state index is 12.0. The highest BCUT2D eigenvalue weighted by Crippen LogP contribution is 2.15. The van der Waals surface area contributed by atoms with E-state index in [0.717, 1.165) is 12.1 Å². The van der Waals surface area contributed by atoms with Crippen molar-refractivity contribution in [2.75, 3.05) is 17.2 Å². The van der Waals surface area contributed by atoms with E-state index in [1.807, 2.05) is 18.2 Å². The summed E-state index contributed by atoms with van der Waals surface area (Å²) in [6.45, 7) is 4.18. The molecule has 0 heterocycles. The average Bonchev–Trinajstić information content (AvgIpc) is 2.55.